The second-order valence-corrected chi connectivity index (χ2v) is 29.7. The van der Waals surface area contributed by atoms with E-state index in [1.165, 1.54) is 0 Å². The van der Waals surface area contributed by atoms with Crippen LogP contribution in [0, 0.1) is 0 Å². The van der Waals surface area contributed by atoms with Crippen molar-refractivity contribution in [3.05, 3.63) is 95.6 Å². The van der Waals surface area contributed by atoms with Gasteiger partial charge in [-0.3, -0.25) is 0 Å². The van der Waals surface area contributed by atoms with Crippen LogP contribution in [-0.2, 0) is 0 Å². The van der Waals surface area contributed by atoms with E-state index in [-0.39, 0.29) is 9.23 Å². The van der Waals surface area contributed by atoms with E-state index in [1.54, 1.807) is 62.8 Å². The van der Waals surface area contributed by atoms with E-state index in [2.05, 4.69) is 17.3 Å². The fourth-order valence-electron chi connectivity index (χ4n) is 4.06. The van der Waals surface area contributed by atoms with Gasteiger partial charge in [0.15, 0.2) is 0 Å². The normalized spacial score (nSPS) is 11.1. The standard InChI is InChI=1S/C20H24GeO4.C10H14GeO/c1-5-21(6-2,19(22)15-7-11-17(24-3)12-8-15)20(23)16-9-13-18(25-4)14-10-16;1-11(2,3)10(12)9-7-5-4-6-8-9/h7-14H,5-6H2,1-4H3;4-8H,1-3H3. The Kier molecular flexibility index (Phi) is 11.4. The molecular weight excluding hydrogens is 586 g/mol. The van der Waals surface area contributed by atoms with Crippen molar-refractivity contribution in [2.75, 3.05) is 14.2 Å². The number of carbonyl (C=O) groups is 3. The third-order valence-corrected chi connectivity index (χ3v) is 19.9. The molecule has 3 rings (SSSR count). The van der Waals surface area contributed by atoms with Gasteiger partial charge in [-0.05, 0) is 0 Å². The molecule has 0 aliphatic heterocycles. The molecule has 0 saturated heterocycles. The number of hydrogen-bond donors (Lipinski definition) is 0. The van der Waals surface area contributed by atoms with Crippen molar-refractivity contribution in [3.8, 4) is 11.5 Å². The average Bonchev–Trinajstić information content (AvgIpc) is 2.93. The van der Waals surface area contributed by atoms with E-state index in [9.17, 15) is 14.4 Å². The Balaban J connectivity index is 0.000000335. The van der Waals surface area contributed by atoms with Gasteiger partial charge in [-0.25, -0.2) is 0 Å². The Hall–Kier alpha value is -2.64. The summed E-state index contributed by atoms with van der Waals surface area (Å²) in [4.78, 5) is 38.3. The van der Waals surface area contributed by atoms with Crippen LogP contribution >= 0.6 is 0 Å². The van der Waals surface area contributed by atoms with E-state index in [4.69, 9.17) is 9.47 Å². The van der Waals surface area contributed by atoms with Crippen LogP contribution in [0.2, 0.25) is 27.8 Å². The molecule has 0 aromatic heterocycles. The van der Waals surface area contributed by atoms with Gasteiger partial charge in [0, 0.05) is 0 Å². The first-order chi connectivity index (χ1) is 17.5. The topological polar surface area (TPSA) is 69.7 Å². The Bertz CT molecular complexity index is 1120. The zero-order valence-electron chi connectivity index (χ0n) is 23.0. The van der Waals surface area contributed by atoms with Crippen LogP contribution in [0.15, 0.2) is 78.9 Å². The quantitative estimate of drug-likeness (QED) is 0.226. The third-order valence-electron chi connectivity index (χ3n) is 6.50. The molecule has 0 atom stereocenters. The van der Waals surface area contributed by atoms with Gasteiger partial charge in [0.2, 0.25) is 0 Å². The summed E-state index contributed by atoms with van der Waals surface area (Å²) in [6, 6.07) is 23.7. The summed E-state index contributed by atoms with van der Waals surface area (Å²) in [5.41, 5.74) is 2.09. The molecule has 3 aromatic rings. The molecule has 0 fully saturated rings. The maximum absolute atomic E-state index is 13.3. The molecule has 0 heterocycles. The number of benzene rings is 3. The number of carbonyl (C=O) groups excluding carboxylic acids is 3. The van der Waals surface area contributed by atoms with Crippen molar-refractivity contribution in [1.29, 1.82) is 0 Å². The molecule has 0 amide bonds. The van der Waals surface area contributed by atoms with E-state index in [0.29, 0.717) is 37.7 Å². The van der Waals surface area contributed by atoms with Crippen LogP contribution in [0.4, 0.5) is 0 Å². The maximum atomic E-state index is 13.3. The average molecular weight is 624 g/mol. The van der Waals surface area contributed by atoms with Crippen molar-refractivity contribution in [2.45, 2.75) is 41.6 Å². The third kappa shape index (κ3) is 7.68. The predicted molar refractivity (Wildman–Crippen MR) is 155 cm³/mol. The SMILES string of the molecule is C[CH2][Ge]([CH2]C)([C](=O)c1ccc(OC)cc1)[C](=O)c1ccc(OC)cc1.[CH3][Ge]([CH3])([CH3])[C](=O)c1ccccc1. The van der Waals surface area contributed by atoms with Gasteiger partial charge in [0.25, 0.3) is 0 Å². The summed E-state index contributed by atoms with van der Waals surface area (Å²) >= 11 is -5.59. The second kappa shape index (κ2) is 13.8. The minimum atomic E-state index is -3.47. The van der Waals surface area contributed by atoms with E-state index >= 15 is 0 Å². The second-order valence-electron chi connectivity index (χ2n) is 9.85. The van der Waals surface area contributed by atoms with Crippen molar-refractivity contribution in [3.63, 3.8) is 0 Å². The molecular formula is C30H38Ge2O5. The molecule has 0 radical (unpaired) electrons. The number of ether oxygens (including phenoxy) is 2. The van der Waals surface area contributed by atoms with Crippen molar-refractivity contribution in [1.82, 2.24) is 0 Å². The van der Waals surface area contributed by atoms with Crippen LogP contribution in [0.1, 0.15) is 44.9 Å². The molecule has 0 aliphatic carbocycles. The van der Waals surface area contributed by atoms with Crippen LogP contribution in [0.3, 0.4) is 0 Å². The van der Waals surface area contributed by atoms with Crippen LogP contribution in [-0.4, -0.2) is 54.6 Å². The summed E-state index contributed by atoms with van der Waals surface area (Å²) in [7, 11) is 3.18. The van der Waals surface area contributed by atoms with E-state index in [1.807, 2.05) is 44.2 Å². The van der Waals surface area contributed by atoms with Crippen LogP contribution < -0.4 is 9.47 Å². The Morgan fingerprint density at radius 1 is 0.568 bits per heavy atom. The molecule has 37 heavy (non-hydrogen) atoms. The molecule has 0 unspecified atom stereocenters. The van der Waals surface area contributed by atoms with Crippen LogP contribution in [0.5, 0.6) is 11.5 Å². The zero-order valence-corrected chi connectivity index (χ0v) is 27.2. The summed E-state index contributed by atoms with van der Waals surface area (Å²) in [6.45, 7) is 3.93. The van der Waals surface area contributed by atoms with Crippen molar-refractivity contribution >= 4 is 40.4 Å². The van der Waals surface area contributed by atoms with E-state index in [0.717, 1.165) is 5.56 Å². The van der Waals surface area contributed by atoms with Gasteiger partial charge in [-0.1, -0.05) is 0 Å². The van der Waals surface area contributed by atoms with Gasteiger partial charge >= 0.3 is 227 Å². The van der Waals surface area contributed by atoms with Crippen molar-refractivity contribution < 1.29 is 23.9 Å². The molecule has 5 nitrogen and oxygen atoms in total. The molecule has 0 saturated carbocycles. The molecule has 0 bridgehead atoms. The number of rotatable bonds is 10. The fourth-order valence-corrected chi connectivity index (χ4v) is 13.4. The number of methoxy groups -OCH3 is 2. The molecule has 0 N–H and O–H groups in total. The summed E-state index contributed by atoms with van der Waals surface area (Å²) in [5, 5.41) is 1.26. The first-order valence-corrected chi connectivity index (χ1v) is 24.9. The first-order valence-electron chi connectivity index (χ1n) is 12.5. The first kappa shape index (κ1) is 30.6. The summed E-state index contributed by atoms with van der Waals surface area (Å²) in [6.07, 6.45) is 0. The van der Waals surface area contributed by atoms with Crippen molar-refractivity contribution in [2.24, 2.45) is 0 Å². The van der Waals surface area contributed by atoms with Gasteiger partial charge in [-0.2, -0.15) is 0 Å². The fraction of sp³-hybridized carbons (Fsp3) is 0.300. The molecule has 3 aromatic carbocycles. The van der Waals surface area contributed by atoms with E-state index < -0.39 is 26.5 Å². The Labute approximate surface area is 226 Å². The monoisotopic (exact) mass is 626 g/mol. The molecule has 0 aliphatic rings. The summed E-state index contributed by atoms with van der Waals surface area (Å²) < 4.78 is 10.8. The number of hydrogen-bond acceptors (Lipinski definition) is 5. The van der Waals surface area contributed by atoms with Crippen LogP contribution in [0.25, 0.3) is 0 Å². The predicted octanol–water partition coefficient (Wildman–Crippen LogP) is 7.08. The Morgan fingerprint density at radius 3 is 1.22 bits per heavy atom. The minimum absolute atomic E-state index is 0.0356. The molecule has 7 heteroatoms. The van der Waals surface area contributed by atoms with Gasteiger partial charge in [0.1, 0.15) is 0 Å². The Morgan fingerprint density at radius 2 is 0.919 bits per heavy atom. The van der Waals surface area contributed by atoms with Gasteiger partial charge < -0.3 is 0 Å². The molecule has 196 valence electrons. The van der Waals surface area contributed by atoms with Gasteiger partial charge in [0.05, 0.1) is 0 Å². The summed E-state index contributed by atoms with van der Waals surface area (Å²) in [5.74, 6) is 7.76. The zero-order chi connectivity index (χ0) is 27.6. The molecule has 0 spiro atoms. The van der Waals surface area contributed by atoms with Gasteiger partial charge in [-0.15, -0.1) is 0 Å².